The lowest BCUT2D eigenvalue weighted by atomic mass is 10.0. The molecule has 24 heavy (non-hydrogen) atoms. The molecule has 9 nitrogen and oxygen atoms in total. The van der Waals surface area contributed by atoms with E-state index in [4.69, 9.17) is 23.1 Å². The second kappa shape index (κ2) is 9.47. The minimum atomic E-state index is -2.88. The minimum Gasteiger partial charge on any atom is -0.378 e. The van der Waals surface area contributed by atoms with Crippen LogP contribution in [0, 0.1) is 0 Å². The molecule has 0 saturated carbocycles. The maximum absolute atomic E-state index is 11.4. The molecule has 2 rings (SSSR count). The van der Waals surface area contributed by atoms with Gasteiger partial charge in [0.25, 0.3) is 0 Å². The average Bonchev–Trinajstić information content (AvgIpc) is 2.89. The molecule has 1 aliphatic heterocycles. The Morgan fingerprint density at radius 2 is 1.79 bits per heavy atom. The molecule has 1 aliphatic rings. The van der Waals surface area contributed by atoms with Crippen molar-refractivity contribution in [2.45, 2.75) is 13.1 Å². The number of aromatic nitrogens is 3. The predicted molar refractivity (Wildman–Crippen MR) is 90.0 cm³/mol. The fourth-order valence-corrected chi connectivity index (χ4v) is 3.59. The zero-order chi connectivity index (χ0) is 17.4. The quantitative estimate of drug-likeness (QED) is 0.355. The number of ether oxygens (including phenoxy) is 2. The van der Waals surface area contributed by atoms with Crippen LogP contribution in [-0.4, -0.2) is 93.7 Å². The molecule has 1 saturated heterocycles. The van der Waals surface area contributed by atoms with Crippen LogP contribution in [0.3, 0.4) is 0 Å². The molecule has 0 bridgehead atoms. The highest BCUT2D eigenvalue weighted by molar-refractivity contribution is 7.91. The Morgan fingerprint density at radius 3 is 2.46 bits per heavy atom. The van der Waals surface area contributed by atoms with E-state index in [1.807, 2.05) is 4.90 Å². The van der Waals surface area contributed by atoms with Gasteiger partial charge in [-0.25, -0.2) is 8.42 Å². The van der Waals surface area contributed by atoms with Crippen molar-refractivity contribution in [1.29, 1.82) is 0 Å². The van der Waals surface area contributed by atoms with E-state index in [9.17, 15) is 8.42 Å². The van der Waals surface area contributed by atoms with Crippen LogP contribution in [0.5, 0.6) is 0 Å². The Balaban J connectivity index is 1.71. The molecular formula is C13H24BN5O4S. The van der Waals surface area contributed by atoms with Crippen molar-refractivity contribution < 1.29 is 17.9 Å². The van der Waals surface area contributed by atoms with E-state index in [1.54, 1.807) is 4.68 Å². The lowest BCUT2D eigenvalue weighted by molar-refractivity contribution is 0.0469. The van der Waals surface area contributed by atoms with E-state index >= 15 is 0 Å². The average molecular weight is 357 g/mol. The molecule has 1 aromatic heterocycles. The van der Waals surface area contributed by atoms with Gasteiger partial charge in [0.2, 0.25) is 0 Å². The van der Waals surface area contributed by atoms with Gasteiger partial charge in [0.05, 0.1) is 50.2 Å². The van der Waals surface area contributed by atoms with Gasteiger partial charge in [-0.3, -0.25) is 9.58 Å². The first kappa shape index (κ1) is 19.3. The first-order chi connectivity index (χ1) is 11.5. The van der Waals surface area contributed by atoms with E-state index in [2.05, 4.69) is 10.3 Å². The van der Waals surface area contributed by atoms with Crippen molar-refractivity contribution in [2.75, 3.05) is 57.6 Å². The molecule has 1 aromatic rings. The number of hydrogen-bond donors (Lipinski definition) is 1. The smallest absolute Gasteiger partial charge is 0.152 e. The van der Waals surface area contributed by atoms with E-state index in [-0.39, 0.29) is 11.5 Å². The van der Waals surface area contributed by atoms with Crippen LogP contribution in [0.25, 0.3) is 0 Å². The highest BCUT2D eigenvalue weighted by atomic mass is 32.2. The molecule has 1 fully saturated rings. The number of nitrogens with two attached hydrogens (primary N) is 1. The number of sulfone groups is 1. The molecule has 0 unspecified atom stereocenters. The fourth-order valence-electron chi connectivity index (χ4n) is 2.31. The molecule has 2 heterocycles. The third-order valence-corrected chi connectivity index (χ3v) is 5.35. The van der Waals surface area contributed by atoms with Crippen LogP contribution in [0.2, 0.25) is 0 Å². The monoisotopic (exact) mass is 357 g/mol. The molecule has 0 atom stereocenters. The van der Waals surface area contributed by atoms with E-state index < -0.39 is 9.84 Å². The normalized spacial score (nSPS) is 18.0. The Kier molecular flexibility index (Phi) is 7.62. The van der Waals surface area contributed by atoms with Crippen molar-refractivity contribution in [3.05, 3.63) is 5.69 Å². The topological polar surface area (TPSA) is 113 Å². The maximum atomic E-state index is 11.4. The molecule has 2 radical (unpaired) electrons. The van der Waals surface area contributed by atoms with Crippen LogP contribution >= 0.6 is 0 Å². The van der Waals surface area contributed by atoms with E-state index in [0.717, 1.165) is 0 Å². The molecule has 134 valence electrons. The van der Waals surface area contributed by atoms with E-state index in [1.165, 1.54) is 0 Å². The molecule has 0 aromatic carbocycles. The number of nitrogens with zero attached hydrogens (tertiary/aromatic N) is 4. The van der Waals surface area contributed by atoms with Gasteiger partial charge in [-0.15, -0.1) is 5.10 Å². The summed E-state index contributed by atoms with van der Waals surface area (Å²) in [6.45, 7) is 4.50. The van der Waals surface area contributed by atoms with Crippen LogP contribution in [-0.2, 0) is 32.4 Å². The molecular weight excluding hydrogens is 333 g/mol. The van der Waals surface area contributed by atoms with Gasteiger partial charge in [-0.1, -0.05) is 5.21 Å². The third kappa shape index (κ3) is 6.13. The first-order valence-electron chi connectivity index (χ1n) is 7.98. The Hall–Kier alpha value is -1.01. The van der Waals surface area contributed by atoms with Gasteiger partial charge in [0.15, 0.2) is 9.84 Å². The van der Waals surface area contributed by atoms with E-state index in [0.29, 0.717) is 70.4 Å². The summed E-state index contributed by atoms with van der Waals surface area (Å²) < 4.78 is 35.1. The summed E-state index contributed by atoms with van der Waals surface area (Å²) in [6.07, 6.45) is 0. The Labute approximate surface area is 143 Å². The Morgan fingerprint density at radius 1 is 1.12 bits per heavy atom. The molecule has 0 amide bonds. The standard InChI is InChI=1S/C13H24BN5O4S/c14-13-12(11-18-3-9-24(20,21)10-4-18)16-17-19(13)2-6-23-8-7-22-5-1-15/h1-11,15H2. The number of rotatable bonds is 10. The second-order valence-corrected chi connectivity index (χ2v) is 7.89. The van der Waals surface area contributed by atoms with Gasteiger partial charge >= 0.3 is 0 Å². The molecule has 0 spiro atoms. The lowest BCUT2D eigenvalue weighted by Gasteiger charge is -2.25. The third-order valence-electron chi connectivity index (χ3n) is 3.74. The zero-order valence-electron chi connectivity index (χ0n) is 13.8. The summed E-state index contributed by atoms with van der Waals surface area (Å²) in [5, 5.41) is 8.11. The van der Waals surface area contributed by atoms with Crippen LogP contribution < -0.4 is 11.3 Å². The lowest BCUT2D eigenvalue weighted by Crippen LogP contribution is -2.40. The summed E-state index contributed by atoms with van der Waals surface area (Å²) in [6, 6.07) is 0. The number of hydrogen-bond acceptors (Lipinski definition) is 8. The Bertz CT molecular complexity index is 596. The van der Waals surface area contributed by atoms with Gasteiger partial charge < -0.3 is 15.2 Å². The van der Waals surface area contributed by atoms with Crippen molar-refractivity contribution in [1.82, 2.24) is 19.9 Å². The molecule has 11 heteroatoms. The van der Waals surface area contributed by atoms with Crippen molar-refractivity contribution in [3.8, 4) is 0 Å². The largest absolute Gasteiger partial charge is 0.378 e. The highest BCUT2D eigenvalue weighted by Crippen LogP contribution is 2.06. The van der Waals surface area contributed by atoms with Crippen LogP contribution in [0.1, 0.15) is 5.69 Å². The van der Waals surface area contributed by atoms with Crippen LogP contribution in [0.4, 0.5) is 0 Å². The second-order valence-electron chi connectivity index (χ2n) is 5.59. The van der Waals surface area contributed by atoms with Crippen molar-refractivity contribution in [3.63, 3.8) is 0 Å². The summed E-state index contributed by atoms with van der Waals surface area (Å²) in [7, 11) is 3.17. The zero-order valence-corrected chi connectivity index (χ0v) is 14.6. The van der Waals surface area contributed by atoms with Gasteiger partial charge in [-0.05, 0) is 0 Å². The summed E-state index contributed by atoms with van der Waals surface area (Å²) in [5.74, 6) is 0.363. The minimum absolute atomic E-state index is 0.182. The van der Waals surface area contributed by atoms with Gasteiger partial charge in [0.1, 0.15) is 7.85 Å². The summed E-state index contributed by atoms with van der Waals surface area (Å²) in [4.78, 5) is 2.02. The summed E-state index contributed by atoms with van der Waals surface area (Å²) in [5.41, 5.74) is 6.47. The highest BCUT2D eigenvalue weighted by Gasteiger charge is 2.22. The van der Waals surface area contributed by atoms with Crippen LogP contribution in [0.15, 0.2) is 0 Å². The first-order valence-corrected chi connectivity index (χ1v) is 9.80. The summed E-state index contributed by atoms with van der Waals surface area (Å²) >= 11 is 0. The van der Waals surface area contributed by atoms with Crippen molar-refractivity contribution in [2.24, 2.45) is 5.73 Å². The van der Waals surface area contributed by atoms with Crippen molar-refractivity contribution >= 4 is 23.3 Å². The maximum Gasteiger partial charge on any atom is 0.152 e. The molecule has 0 aliphatic carbocycles. The predicted octanol–water partition coefficient (Wildman–Crippen LogP) is -2.71. The van der Waals surface area contributed by atoms with Gasteiger partial charge in [0, 0.05) is 31.8 Å². The molecule has 2 N–H and O–H groups in total. The van der Waals surface area contributed by atoms with Gasteiger partial charge in [-0.2, -0.15) is 0 Å². The fraction of sp³-hybridized carbons (Fsp3) is 0.846. The SMILES string of the molecule is [B]c1c(CN2CCS(=O)(=O)CC2)nnn1CCOCCOCCN.